The summed E-state index contributed by atoms with van der Waals surface area (Å²) in [7, 11) is 1.57. The van der Waals surface area contributed by atoms with Crippen molar-refractivity contribution in [3.8, 4) is 16.3 Å². The summed E-state index contributed by atoms with van der Waals surface area (Å²) >= 11 is 1.24. The van der Waals surface area contributed by atoms with Crippen molar-refractivity contribution in [2.75, 3.05) is 12.0 Å². The lowest BCUT2D eigenvalue weighted by atomic mass is 10.1. The highest BCUT2D eigenvalue weighted by Gasteiger charge is 2.19. The highest BCUT2D eigenvalue weighted by molar-refractivity contribution is 7.14. The van der Waals surface area contributed by atoms with Crippen LogP contribution in [0.25, 0.3) is 10.6 Å². The number of nitrogens with zero attached hydrogens (tertiary/aromatic N) is 3. The lowest BCUT2D eigenvalue weighted by Gasteiger charge is -2.22. The first-order valence-corrected chi connectivity index (χ1v) is 11.3. The molecule has 0 atom stereocenters. The number of carbonyl (C=O) groups is 2. The van der Waals surface area contributed by atoms with Gasteiger partial charge in [0.05, 0.1) is 13.7 Å². The van der Waals surface area contributed by atoms with Crippen molar-refractivity contribution >= 4 is 28.8 Å². The second kappa shape index (κ2) is 12.0. The number of unbranched alkanes of at least 4 members (excludes halogenated alkanes) is 2. The van der Waals surface area contributed by atoms with Gasteiger partial charge in [0.15, 0.2) is 5.01 Å². The van der Waals surface area contributed by atoms with Crippen LogP contribution in [0.4, 0.5) is 10.1 Å². The zero-order valence-electron chi connectivity index (χ0n) is 18.2. The van der Waals surface area contributed by atoms with Gasteiger partial charge in [-0.3, -0.25) is 14.8 Å². The Morgan fingerprint density at radius 2 is 1.79 bits per heavy atom. The van der Waals surface area contributed by atoms with Crippen molar-refractivity contribution in [1.29, 1.82) is 0 Å². The molecule has 3 rings (SSSR count). The summed E-state index contributed by atoms with van der Waals surface area (Å²) in [4.78, 5) is 25.8. The quantitative estimate of drug-likeness (QED) is 0.244. The molecule has 1 heterocycles. The average Bonchev–Trinajstić information content (AvgIpc) is 3.30. The number of benzene rings is 2. The van der Waals surface area contributed by atoms with Crippen LogP contribution in [0.5, 0.6) is 5.75 Å². The summed E-state index contributed by atoms with van der Waals surface area (Å²) in [5, 5.41) is 17.9. The zero-order chi connectivity index (χ0) is 23.6. The third kappa shape index (κ3) is 6.80. The van der Waals surface area contributed by atoms with E-state index >= 15 is 0 Å². The van der Waals surface area contributed by atoms with Gasteiger partial charge in [0, 0.05) is 24.1 Å². The maximum Gasteiger partial charge on any atom is 0.243 e. The predicted octanol–water partition coefficient (Wildman–Crippen LogP) is 4.34. The van der Waals surface area contributed by atoms with Crippen LogP contribution < -0.4 is 15.1 Å². The molecule has 0 bridgehead atoms. The van der Waals surface area contributed by atoms with Crippen LogP contribution in [0.1, 0.15) is 37.1 Å². The molecule has 2 aromatic carbocycles. The van der Waals surface area contributed by atoms with Gasteiger partial charge in [-0.15, -0.1) is 10.2 Å². The molecule has 0 unspecified atom stereocenters. The molecular formula is C23H25FN4O4S. The van der Waals surface area contributed by atoms with Gasteiger partial charge in [0.25, 0.3) is 0 Å². The number of hydrogen-bond acceptors (Lipinski definition) is 7. The van der Waals surface area contributed by atoms with Gasteiger partial charge >= 0.3 is 0 Å². The minimum atomic E-state index is -0.442. The van der Waals surface area contributed by atoms with Crippen LogP contribution in [0, 0.1) is 5.82 Å². The Hall–Kier alpha value is -3.37. The van der Waals surface area contributed by atoms with Crippen molar-refractivity contribution in [1.82, 2.24) is 15.7 Å². The van der Waals surface area contributed by atoms with Gasteiger partial charge in [-0.1, -0.05) is 29.9 Å². The number of amides is 2. The normalized spacial score (nSPS) is 10.6. The molecule has 3 aromatic rings. The monoisotopic (exact) mass is 472 g/mol. The van der Waals surface area contributed by atoms with Crippen LogP contribution in [-0.2, 0) is 16.1 Å². The molecule has 8 nitrogen and oxygen atoms in total. The molecule has 0 fully saturated rings. The Balaban J connectivity index is 1.71. The molecule has 10 heteroatoms. The van der Waals surface area contributed by atoms with E-state index in [-0.39, 0.29) is 31.1 Å². The summed E-state index contributed by atoms with van der Waals surface area (Å²) in [5.74, 6) is -0.248. The van der Waals surface area contributed by atoms with E-state index in [1.54, 1.807) is 60.0 Å². The van der Waals surface area contributed by atoms with Gasteiger partial charge in [-0.05, 0) is 49.2 Å². The van der Waals surface area contributed by atoms with Crippen molar-refractivity contribution in [2.24, 2.45) is 0 Å². The van der Waals surface area contributed by atoms with E-state index in [1.165, 1.54) is 17.4 Å². The van der Waals surface area contributed by atoms with E-state index in [4.69, 9.17) is 9.94 Å². The number of halogens is 1. The van der Waals surface area contributed by atoms with Crippen molar-refractivity contribution in [3.05, 3.63) is 59.4 Å². The highest BCUT2D eigenvalue weighted by atomic mass is 32.1. The van der Waals surface area contributed by atoms with Gasteiger partial charge in [0.1, 0.15) is 16.6 Å². The molecule has 0 saturated carbocycles. The van der Waals surface area contributed by atoms with Gasteiger partial charge in [-0.25, -0.2) is 9.87 Å². The van der Waals surface area contributed by atoms with Crippen LogP contribution >= 0.6 is 11.3 Å². The summed E-state index contributed by atoms with van der Waals surface area (Å²) in [6.07, 6.45) is 2.33. The standard InChI is InChI=1S/C23H25FN4O4S/c1-32-17-13-11-16(12-14-17)28(22(30)10-4-2-3-9-20(29)27-31)15-21-25-26-23(33-21)18-7-5-6-8-19(18)24/h5-8,11-14,31H,2-4,9-10,15H2,1H3,(H,27,29). The van der Waals surface area contributed by atoms with Crippen LogP contribution in [0.3, 0.4) is 0 Å². The average molecular weight is 473 g/mol. The van der Waals surface area contributed by atoms with E-state index in [0.29, 0.717) is 46.3 Å². The molecule has 2 amide bonds. The Morgan fingerprint density at radius 1 is 1.06 bits per heavy atom. The fourth-order valence-corrected chi connectivity index (χ4v) is 4.07. The molecule has 0 aliphatic carbocycles. The number of aromatic nitrogens is 2. The number of anilines is 1. The summed E-state index contributed by atoms with van der Waals surface area (Å²) in [5.41, 5.74) is 2.65. The Labute approximate surface area is 195 Å². The SMILES string of the molecule is COc1ccc(N(Cc2nnc(-c3ccccc3F)s2)C(=O)CCCCCC(=O)NO)cc1. The van der Waals surface area contributed by atoms with Gasteiger partial charge < -0.3 is 9.64 Å². The summed E-state index contributed by atoms with van der Waals surface area (Å²) in [6, 6.07) is 13.5. The second-order valence-electron chi connectivity index (χ2n) is 7.25. The minimum absolute atomic E-state index is 0.102. The number of rotatable bonds is 11. The summed E-state index contributed by atoms with van der Waals surface area (Å²) in [6.45, 7) is 0.199. The molecular weight excluding hydrogens is 447 g/mol. The first-order valence-electron chi connectivity index (χ1n) is 10.5. The highest BCUT2D eigenvalue weighted by Crippen LogP contribution is 2.28. The van der Waals surface area contributed by atoms with E-state index < -0.39 is 5.91 Å². The molecule has 33 heavy (non-hydrogen) atoms. The molecule has 0 radical (unpaired) electrons. The largest absolute Gasteiger partial charge is 0.497 e. The number of nitrogens with one attached hydrogen (secondary N) is 1. The maximum atomic E-state index is 14.1. The molecule has 0 aliphatic heterocycles. The molecule has 0 spiro atoms. The van der Waals surface area contributed by atoms with E-state index in [1.807, 2.05) is 0 Å². The number of hydroxylamine groups is 1. The van der Waals surface area contributed by atoms with Gasteiger partial charge in [-0.2, -0.15) is 0 Å². The van der Waals surface area contributed by atoms with Crippen LogP contribution in [-0.4, -0.2) is 34.3 Å². The minimum Gasteiger partial charge on any atom is -0.497 e. The number of methoxy groups -OCH3 is 1. The molecule has 0 saturated heterocycles. The fraction of sp³-hybridized carbons (Fsp3) is 0.304. The van der Waals surface area contributed by atoms with Crippen LogP contribution in [0.15, 0.2) is 48.5 Å². The van der Waals surface area contributed by atoms with Crippen LogP contribution in [0.2, 0.25) is 0 Å². The molecule has 2 N–H and O–H groups in total. The first kappa shape index (κ1) is 24.3. The first-order chi connectivity index (χ1) is 16.0. The molecule has 0 aliphatic rings. The topological polar surface area (TPSA) is 105 Å². The third-order valence-electron chi connectivity index (χ3n) is 4.97. The maximum absolute atomic E-state index is 14.1. The lowest BCUT2D eigenvalue weighted by molar-refractivity contribution is -0.129. The molecule has 1 aromatic heterocycles. The summed E-state index contributed by atoms with van der Waals surface area (Å²) < 4.78 is 19.3. The van der Waals surface area contributed by atoms with E-state index in [9.17, 15) is 14.0 Å². The Morgan fingerprint density at radius 3 is 2.48 bits per heavy atom. The number of carbonyl (C=O) groups excluding carboxylic acids is 2. The predicted molar refractivity (Wildman–Crippen MR) is 123 cm³/mol. The van der Waals surface area contributed by atoms with Crippen molar-refractivity contribution in [3.63, 3.8) is 0 Å². The fourth-order valence-electron chi connectivity index (χ4n) is 3.21. The Bertz CT molecular complexity index is 1070. The van der Waals surface area contributed by atoms with E-state index in [2.05, 4.69) is 10.2 Å². The lowest BCUT2D eigenvalue weighted by Crippen LogP contribution is -2.30. The van der Waals surface area contributed by atoms with Crippen molar-refractivity contribution < 1.29 is 23.9 Å². The molecule has 174 valence electrons. The smallest absolute Gasteiger partial charge is 0.243 e. The number of hydrogen-bond donors (Lipinski definition) is 2. The third-order valence-corrected chi connectivity index (χ3v) is 5.91. The van der Waals surface area contributed by atoms with Gasteiger partial charge in [0.2, 0.25) is 11.8 Å². The zero-order valence-corrected chi connectivity index (χ0v) is 19.0. The number of ether oxygens (including phenoxy) is 1. The van der Waals surface area contributed by atoms with Crippen molar-refractivity contribution in [2.45, 2.75) is 38.6 Å². The second-order valence-corrected chi connectivity index (χ2v) is 8.32. The van der Waals surface area contributed by atoms with E-state index in [0.717, 1.165) is 0 Å². The Kier molecular flexibility index (Phi) is 8.85.